The van der Waals surface area contributed by atoms with E-state index in [1.165, 1.54) is 57.9 Å². The monoisotopic (exact) mass is 426 g/mol. The minimum Gasteiger partial charge on any atom is -0.400 e. The zero-order chi connectivity index (χ0) is 23.8. The third-order valence-corrected chi connectivity index (χ3v) is 4.35. The number of rotatable bonds is 10. The third-order valence-electron chi connectivity index (χ3n) is 4.35. The molecule has 1 aliphatic carbocycles. The van der Waals surface area contributed by atoms with Crippen LogP contribution >= 0.6 is 0 Å². The van der Waals surface area contributed by atoms with Crippen molar-refractivity contribution in [1.82, 2.24) is 5.32 Å². The van der Waals surface area contributed by atoms with E-state index in [2.05, 4.69) is 57.8 Å². The summed E-state index contributed by atoms with van der Waals surface area (Å²) in [6.07, 6.45) is 16.1. The van der Waals surface area contributed by atoms with Gasteiger partial charge in [0, 0.05) is 12.2 Å². The van der Waals surface area contributed by atoms with Gasteiger partial charge in [-0.3, -0.25) is 9.59 Å². The van der Waals surface area contributed by atoms with Gasteiger partial charge in [-0.15, -0.1) is 0 Å². The van der Waals surface area contributed by atoms with E-state index in [4.69, 9.17) is 5.73 Å². The van der Waals surface area contributed by atoms with Crippen LogP contribution in [0.25, 0.3) is 0 Å². The lowest BCUT2D eigenvalue weighted by atomic mass is 10.0. The van der Waals surface area contributed by atoms with Crippen molar-refractivity contribution in [3.63, 3.8) is 0 Å². The lowest BCUT2D eigenvalue weighted by molar-refractivity contribution is -0.121. The molecule has 0 saturated carbocycles. The molecule has 176 valence electrons. The van der Waals surface area contributed by atoms with Crippen molar-refractivity contribution in [2.24, 2.45) is 11.7 Å². The second-order valence-electron chi connectivity index (χ2n) is 7.34. The zero-order valence-corrected chi connectivity index (χ0v) is 20.3. The minimum absolute atomic E-state index is 0.0808. The summed E-state index contributed by atoms with van der Waals surface area (Å²) in [5.41, 5.74) is 6.18. The highest BCUT2D eigenvalue weighted by molar-refractivity contribution is 5.78. The number of amides is 1. The standard InChI is InChI=1S/C8H11NO.C7H12FNO.C6H14.C4H10/c10-7-9-6-8-4-2-1-3-5-8;1-4(6(3)10)7(8)5(2)9;1-3-5-6-4-2;1-3-4-2/h2,4-5,7H,1,3,6H2,(H,9,10);4,7H,2,9H2,1,3H3;3-6H2,1-2H3;3-4H2,1-2H3. The molecule has 1 amide bonds. The number of hydrogen-bond donors (Lipinski definition) is 2. The molecule has 4 nitrogen and oxygen atoms in total. The van der Waals surface area contributed by atoms with Gasteiger partial charge in [0.15, 0.2) is 0 Å². The van der Waals surface area contributed by atoms with Gasteiger partial charge in [0.2, 0.25) is 6.41 Å². The predicted molar refractivity (Wildman–Crippen MR) is 129 cm³/mol. The van der Waals surface area contributed by atoms with E-state index in [-0.39, 0.29) is 11.5 Å². The maximum atomic E-state index is 12.7. The molecule has 0 aromatic carbocycles. The van der Waals surface area contributed by atoms with E-state index in [0.717, 1.165) is 19.3 Å². The Morgan fingerprint density at radius 1 is 1.17 bits per heavy atom. The first-order valence-corrected chi connectivity index (χ1v) is 11.3. The Kier molecular flexibility index (Phi) is 27.4. The van der Waals surface area contributed by atoms with Gasteiger partial charge >= 0.3 is 0 Å². The summed E-state index contributed by atoms with van der Waals surface area (Å²) in [5.74, 6) is -0.878. The highest BCUT2D eigenvalue weighted by atomic mass is 19.1. The molecule has 2 unspecified atom stereocenters. The van der Waals surface area contributed by atoms with Gasteiger partial charge in [0.1, 0.15) is 12.0 Å². The van der Waals surface area contributed by atoms with Gasteiger partial charge < -0.3 is 11.1 Å². The largest absolute Gasteiger partial charge is 0.400 e. The summed E-state index contributed by atoms with van der Waals surface area (Å²) >= 11 is 0. The van der Waals surface area contributed by atoms with Crippen molar-refractivity contribution in [3.8, 4) is 0 Å². The van der Waals surface area contributed by atoms with Crippen LogP contribution in [0.15, 0.2) is 36.1 Å². The molecule has 0 bridgehead atoms. The number of alkyl halides is 1. The van der Waals surface area contributed by atoms with Crippen LogP contribution in [0.4, 0.5) is 4.39 Å². The van der Waals surface area contributed by atoms with E-state index < -0.39 is 12.1 Å². The number of Topliss-reactive ketones (excluding diaryl/α,β-unsaturated/α-hetero) is 1. The Bertz CT molecular complexity index is 464. The second kappa shape index (κ2) is 25.1. The molecule has 5 heteroatoms. The van der Waals surface area contributed by atoms with Gasteiger partial charge in [-0.2, -0.15) is 0 Å². The molecular weight excluding hydrogens is 379 g/mol. The van der Waals surface area contributed by atoms with Crippen LogP contribution in [0, 0.1) is 5.92 Å². The Morgan fingerprint density at radius 3 is 1.97 bits per heavy atom. The van der Waals surface area contributed by atoms with E-state index >= 15 is 0 Å². The van der Waals surface area contributed by atoms with Gasteiger partial charge in [-0.1, -0.05) is 98.0 Å². The van der Waals surface area contributed by atoms with E-state index in [9.17, 15) is 14.0 Å². The van der Waals surface area contributed by atoms with Crippen molar-refractivity contribution >= 4 is 12.2 Å². The molecular formula is C25H47FN2O2. The summed E-state index contributed by atoms with van der Waals surface area (Å²) in [6, 6.07) is 0. The predicted octanol–water partition coefficient (Wildman–Crippen LogP) is 6.42. The number of hydrogen-bond acceptors (Lipinski definition) is 3. The fraction of sp³-hybridized carbons (Fsp3) is 0.680. The van der Waals surface area contributed by atoms with E-state index in [1.807, 2.05) is 0 Å². The molecule has 0 heterocycles. The number of carbonyl (C=O) groups excluding carboxylic acids is 2. The first-order valence-electron chi connectivity index (χ1n) is 11.3. The highest BCUT2D eigenvalue weighted by Gasteiger charge is 2.21. The van der Waals surface area contributed by atoms with Crippen molar-refractivity contribution in [1.29, 1.82) is 0 Å². The van der Waals surface area contributed by atoms with Crippen LogP contribution in [0.5, 0.6) is 0 Å². The summed E-state index contributed by atoms with van der Waals surface area (Å²) < 4.78 is 12.7. The van der Waals surface area contributed by atoms with Crippen LogP contribution in [0.3, 0.4) is 0 Å². The van der Waals surface area contributed by atoms with Crippen molar-refractivity contribution in [3.05, 3.63) is 36.1 Å². The average Bonchev–Trinajstić information content (AvgIpc) is 2.76. The molecule has 0 saturated heterocycles. The van der Waals surface area contributed by atoms with Crippen LogP contribution in [-0.2, 0) is 9.59 Å². The number of nitrogens with two attached hydrogens (primary N) is 1. The van der Waals surface area contributed by atoms with Crippen molar-refractivity contribution in [2.45, 2.75) is 99.1 Å². The second-order valence-corrected chi connectivity index (χ2v) is 7.34. The van der Waals surface area contributed by atoms with Crippen LogP contribution < -0.4 is 11.1 Å². The Balaban J connectivity index is -0.000000344. The highest BCUT2D eigenvalue weighted by Crippen LogP contribution is 2.12. The van der Waals surface area contributed by atoms with Gasteiger partial charge in [0.25, 0.3) is 0 Å². The summed E-state index contributed by atoms with van der Waals surface area (Å²) in [6.45, 7) is 15.5. The lowest BCUT2D eigenvalue weighted by Gasteiger charge is -2.12. The van der Waals surface area contributed by atoms with Crippen LogP contribution in [-0.4, -0.2) is 24.9 Å². The number of unbranched alkanes of at least 4 members (excludes halogenated alkanes) is 4. The molecule has 2 atom stereocenters. The number of carbonyl (C=O) groups is 2. The number of allylic oxidation sites excluding steroid dienone is 3. The Labute approximate surface area is 185 Å². The van der Waals surface area contributed by atoms with Crippen molar-refractivity contribution in [2.75, 3.05) is 6.54 Å². The summed E-state index contributed by atoms with van der Waals surface area (Å²) in [7, 11) is 0. The summed E-state index contributed by atoms with van der Waals surface area (Å²) in [4.78, 5) is 20.4. The fourth-order valence-electron chi connectivity index (χ4n) is 1.99. The van der Waals surface area contributed by atoms with Gasteiger partial charge in [-0.05, 0) is 25.3 Å². The zero-order valence-electron chi connectivity index (χ0n) is 20.3. The number of ketones is 1. The topological polar surface area (TPSA) is 72.2 Å². The normalized spacial score (nSPS) is 13.5. The quantitative estimate of drug-likeness (QED) is 0.312. The molecule has 0 aromatic heterocycles. The number of halogens is 1. The molecule has 0 spiro atoms. The molecule has 0 radical (unpaired) electrons. The third kappa shape index (κ3) is 24.1. The van der Waals surface area contributed by atoms with Gasteiger partial charge in [0.05, 0.1) is 5.92 Å². The Hall–Kier alpha value is -1.91. The molecule has 1 aliphatic rings. The number of nitrogens with one attached hydrogen (secondary N) is 1. The first kappa shape index (κ1) is 32.7. The lowest BCUT2D eigenvalue weighted by Crippen LogP contribution is -2.24. The molecule has 0 aromatic rings. The molecule has 0 aliphatic heterocycles. The van der Waals surface area contributed by atoms with E-state index in [0.29, 0.717) is 6.54 Å². The summed E-state index contributed by atoms with van der Waals surface area (Å²) in [5, 5.41) is 2.62. The minimum atomic E-state index is -1.41. The van der Waals surface area contributed by atoms with E-state index in [1.54, 1.807) is 0 Å². The molecule has 30 heavy (non-hydrogen) atoms. The maximum absolute atomic E-state index is 12.7. The fourth-order valence-corrected chi connectivity index (χ4v) is 1.99. The molecule has 0 fully saturated rings. The first-order chi connectivity index (χ1) is 14.2. The van der Waals surface area contributed by atoms with Crippen molar-refractivity contribution < 1.29 is 14.0 Å². The van der Waals surface area contributed by atoms with Gasteiger partial charge in [-0.25, -0.2) is 4.39 Å². The Morgan fingerprint density at radius 2 is 1.70 bits per heavy atom. The maximum Gasteiger partial charge on any atom is 0.207 e. The smallest absolute Gasteiger partial charge is 0.207 e. The average molecular weight is 427 g/mol. The van der Waals surface area contributed by atoms with Crippen LogP contribution in [0.2, 0.25) is 0 Å². The van der Waals surface area contributed by atoms with Crippen LogP contribution in [0.1, 0.15) is 92.9 Å². The molecule has 1 rings (SSSR count). The SMILES string of the molecule is C=C(N)C(F)C(C)C(C)=O.CCCC.CCCCCC.O=CNCC1=CCCC=C1. The molecule has 3 N–H and O–H groups in total.